The molecular formula is C24H23NO5. The van der Waals surface area contributed by atoms with Crippen molar-refractivity contribution >= 4 is 17.5 Å². The van der Waals surface area contributed by atoms with E-state index in [2.05, 4.69) is 4.99 Å². The van der Waals surface area contributed by atoms with Crippen molar-refractivity contribution < 1.29 is 23.8 Å². The second-order valence-corrected chi connectivity index (χ2v) is 7.20. The number of methoxy groups -OCH3 is 2. The first kappa shape index (κ1) is 19.9. The number of allylic oxidation sites excluding steroid dienone is 1. The summed E-state index contributed by atoms with van der Waals surface area (Å²) < 4.78 is 16.2. The Balaban J connectivity index is 1.92. The minimum atomic E-state index is -0.595. The maximum absolute atomic E-state index is 13.4. The minimum absolute atomic E-state index is 0.0453. The summed E-state index contributed by atoms with van der Waals surface area (Å²) in [7, 11) is 2.90. The fourth-order valence-electron chi connectivity index (χ4n) is 4.35. The predicted octanol–water partition coefficient (Wildman–Crippen LogP) is 3.94. The van der Waals surface area contributed by atoms with Crippen LogP contribution in [-0.2, 0) is 9.53 Å². The Labute approximate surface area is 175 Å². The van der Waals surface area contributed by atoms with Crippen molar-refractivity contribution in [3.05, 3.63) is 70.4 Å². The van der Waals surface area contributed by atoms with Gasteiger partial charge in [0, 0.05) is 22.7 Å². The van der Waals surface area contributed by atoms with E-state index in [0.29, 0.717) is 40.7 Å². The van der Waals surface area contributed by atoms with Gasteiger partial charge in [0.1, 0.15) is 0 Å². The molecule has 2 aromatic rings. The monoisotopic (exact) mass is 405 g/mol. The Morgan fingerprint density at radius 2 is 1.77 bits per heavy atom. The number of carbonyl (C=O) groups excluding carboxylic acids is 2. The summed E-state index contributed by atoms with van der Waals surface area (Å²) in [6, 6.07) is 12.9. The van der Waals surface area contributed by atoms with Gasteiger partial charge in [0.05, 0.1) is 38.0 Å². The molecule has 6 heteroatoms. The number of fused-ring (bicyclic) bond motifs is 3. The molecule has 0 radical (unpaired) electrons. The zero-order valence-electron chi connectivity index (χ0n) is 17.4. The number of aliphatic imine (C=N–C) groups is 1. The average molecular weight is 405 g/mol. The number of carbonyl (C=O) groups is 2. The maximum atomic E-state index is 13.4. The van der Waals surface area contributed by atoms with Crippen LogP contribution in [-0.4, -0.2) is 38.3 Å². The van der Waals surface area contributed by atoms with E-state index < -0.39 is 17.8 Å². The second kappa shape index (κ2) is 7.78. The number of Topliss-reactive ketones (excluding diaryl/α,β-unsaturated/α-hetero) is 1. The lowest BCUT2D eigenvalue weighted by molar-refractivity contribution is -0.136. The smallest absolute Gasteiger partial charge is 0.336 e. The van der Waals surface area contributed by atoms with Gasteiger partial charge in [-0.05, 0) is 31.5 Å². The summed E-state index contributed by atoms with van der Waals surface area (Å²) in [5.74, 6) is -0.511. The topological polar surface area (TPSA) is 74.2 Å². The van der Waals surface area contributed by atoms with Crippen molar-refractivity contribution in [3.8, 4) is 11.5 Å². The molecule has 30 heavy (non-hydrogen) atoms. The number of hydrogen-bond donors (Lipinski definition) is 0. The lowest BCUT2D eigenvalue weighted by Gasteiger charge is -2.30. The highest BCUT2D eigenvalue weighted by Crippen LogP contribution is 2.47. The summed E-state index contributed by atoms with van der Waals surface area (Å²) in [6.45, 7) is 4.17. The fourth-order valence-corrected chi connectivity index (χ4v) is 4.35. The molecule has 0 amide bonds. The van der Waals surface area contributed by atoms with Gasteiger partial charge in [-0.15, -0.1) is 0 Å². The van der Waals surface area contributed by atoms with Crippen LogP contribution >= 0.6 is 0 Å². The predicted molar refractivity (Wildman–Crippen MR) is 112 cm³/mol. The van der Waals surface area contributed by atoms with Gasteiger partial charge in [-0.25, -0.2) is 4.79 Å². The van der Waals surface area contributed by atoms with Crippen molar-refractivity contribution in [1.29, 1.82) is 0 Å². The van der Waals surface area contributed by atoms with Crippen LogP contribution in [0.15, 0.2) is 58.7 Å². The third kappa shape index (κ3) is 3.00. The summed E-state index contributed by atoms with van der Waals surface area (Å²) in [5.41, 5.74) is 3.85. The second-order valence-electron chi connectivity index (χ2n) is 7.20. The molecule has 0 saturated heterocycles. The molecule has 6 nitrogen and oxygen atoms in total. The van der Waals surface area contributed by atoms with Gasteiger partial charge < -0.3 is 14.2 Å². The highest BCUT2D eigenvalue weighted by Gasteiger charge is 2.48. The first-order valence-corrected chi connectivity index (χ1v) is 9.83. The van der Waals surface area contributed by atoms with Crippen molar-refractivity contribution in [3.63, 3.8) is 0 Å². The molecule has 0 bridgehead atoms. The lowest BCUT2D eigenvalue weighted by atomic mass is 9.75. The van der Waals surface area contributed by atoms with E-state index >= 15 is 0 Å². The molecule has 4 rings (SSSR count). The Morgan fingerprint density at radius 3 is 2.43 bits per heavy atom. The molecule has 1 heterocycles. The van der Waals surface area contributed by atoms with E-state index in [0.717, 1.165) is 11.1 Å². The number of rotatable bonds is 5. The van der Waals surface area contributed by atoms with Crippen molar-refractivity contribution in [1.82, 2.24) is 0 Å². The molecular weight excluding hydrogens is 382 g/mol. The van der Waals surface area contributed by atoms with E-state index in [1.807, 2.05) is 43.3 Å². The summed E-state index contributed by atoms with van der Waals surface area (Å²) in [6.07, 6.45) is 0. The number of ketones is 1. The van der Waals surface area contributed by atoms with Crippen LogP contribution in [0.3, 0.4) is 0 Å². The van der Waals surface area contributed by atoms with Crippen LogP contribution in [0.4, 0.5) is 0 Å². The molecule has 0 fully saturated rings. The van der Waals surface area contributed by atoms with Crippen LogP contribution in [0.2, 0.25) is 0 Å². The highest BCUT2D eigenvalue weighted by atomic mass is 16.5. The first-order chi connectivity index (χ1) is 14.5. The third-order valence-electron chi connectivity index (χ3n) is 5.62. The number of nitrogens with zero attached hydrogens (tertiary/aromatic N) is 1. The molecule has 1 unspecified atom stereocenters. The maximum Gasteiger partial charge on any atom is 0.336 e. The molecule has 2 aliphatic rings. The summed E-state index contributed by atoms with van der Waals surface area (Å²) >= 11 is 0. The normalized spacial score (nSPS) is 19.7. The van der Waals surface area contributed by atoms with E-state index in [-0.39, 0.29) is 5.78 Å². The van der Waals surface area contributed by atoms with Gasteiger partial charge >= 0.3 is 5.97 Å². The minimum Gasteiger partial charge on any atom is -0.493 e. The molecule has 0 aromatic heterocycles. The molecule has 1 aliphatic heterocycles. The highest BCUT2D eigenvalue weighted by molar-refractivity contribution is 6.30. The van der Waals surface area contributed by atoms with Crippen molar-refractivity contribution in [2.75, 3.05) is 20.8 Å². The molecule has 2 aromatic carbocycles. The molecule has 154 valence electrons. The molecule has 0 N–H and O–H groups in total. The van der Waals surface area contributed by atoms with Gasteiger partial charge in [0.25, 0.3) is 0 Å². The van der Waals surface area contributed by atoms with Gasteiger partial charge in [-0.3, -0.25) is 9.79 Å². The third-order valence-corrected chi connectivity index (χ3v) is 5.62. The summed E-state index contributed by atoms with van der Waals surface area (Å²) in [5, 5.41) is 0. The standard InChI is InChI=1S/C24H23NO5/c1-5-30-17-11-10-14(12-18(17)28-3)20-19(24(27)29-4)13(2)25-22-15-8-6-7-9-16(15)23(26)21(20)22/h6-12,20-21H,5H2,1-4H3/t20-,21?/m0/s1. The van der Waals surface area contributed by atoms with Gasteiger partial charge in [0.15, 0.2) is 17.3 Å². The van der Waals surface area contributed by atoms with Gasteiger partial charge in [-0.2, -0.15) is 0 Å². The van der Waals surface area contributed by atoms with E-state index in [1.54, 1.807) is 20.1 Å². The van der Waals surface area contributed by atoms with Crippen LogP contribution in [0.5, 0.6) is 11.5 Å². The Bertz CT molecular complexity index is 1100. The number of hydrogen-bond acceptors (Lipinski definition) is 6. The zero-order chi connectivity index (χ0) is 21.4. The van der Waals surface area contributed by atoms with Gasteiger partial charge in [0.2, 0.25) is 0 Å². The van der Waals surface area contributed by atoms with Crippen LogP contribution in [0, 0.1) is 5.92 Å². The van der Waals surface area contributed by atoms with Crippen molar-refractivity contribution in [2.24, 2.45) is 10.9 Å². The van der Waals surface area contributed by atoms with Crippen molar-refractivity contribution in [2.45, 2.75) is 19.8 Å². The van der Waals surface area contributed by atoms with E-state index in [1.165, 1.54) is 7.11 Å². The average Bonchev–Trinajstić information content (AvgIpc) is 3.04. The van der Waals surface area contributed by atoms with Crippen LogP contribution < -0.4 is 9.47 Å². The Kier molecular flexibility index (Phi) is 5.16. The molecule has 0 saturated carbocycles. The number of ether oxygens (including phenoxy) is 3. The van der Waals surface area contributed by atoms with E-state index in [9.17, 15) is 9.59 Å². The van der Waals surface area contributed by atoms with Gasteiger partial charge in [-0.1, -0.05) is 30.3 Å². The number of esters is 1. The zero-order valence-corrected chi connectivity index (χ0v) is 17.4. The SMILES string of the molecule is CCOc1ccc([C@H]2C(C(=O)OC)=C(C)N=C3c4ccccc4C(=O)C32)cc1OC. The first-order valence-electron chi connectivity index (χ1n) is 9.83. The number of benzene rings is 2. The Morgan fingerprint density at radius 1 is 1.03 bits per heavy atom. The molecule has 1 aliphatic carbocycles. The largest absolute Gasteiger partial charge is 0.493 e. The Hall–Kier alpha value is -3.41. The van der Waals surface area contributed by atoms with E-state index in [4.69, 9.17) is 14.2 Å². The molecule has 0 spiro atoms. The quantitative estimate of drug-likeness (QED) is 0.705. The molecule has 2 atom stereocenters. The van der Waals surface area contributed by atoms with Crippen LogP contribution in [0.25, 0.3) is 0 Å². The lowest BCUT2D eigenvalue weighted by Crippen LogP contribution is -2.32. The van der Waals surface area contributed by atoms with Crippen LogP contribution in [0.1, 0.15) is 41.3 Å². The fraction of sp³-hybridized carbons (Fsp3) is 0.292. The summed E-state index contributed by atoms with van der Waals surface area (Å²) in [4.78, 5) is 30.8.